The Morgan fingerprint density at radius 2 is 1.82 bits per heavy atom. The Morgan fingerprint density at radius 1 is 1.00 bits per heavy atom. The van der Waals surface area contributed by atoms with Gasteiger partial charge in [0.1, 0.15) is 5.75 Å². The number of piperidine rings is 1. The molecule has 0 bridgehead atoms. The van der Waals surface area contributed by atoms with Crippen LogP contribution in [0.5, 0.6) is 11.6 Å². The molecule has 0 saturated carbocycles. The molecule has 49 heavy (non-hydrogen) atoms. The number of anilines is 2. The molecule has 1 aliphatic rings. The van der Waals surface area contributed by atoms with Gasteiger partial charge in [0.2, 0.25) is 21.9 Å². The zero-order valence-electron chi connectivity index (χ0n) is 26.1. The number of benzene rings is 3. The number of sulfonamides is 1. The highest BCUT2D eigenvalue weighted by atomic mass is 32.2. The first-order chi connectivity index (χ1) is 23.4. The first-order valence-corrected chi connectivity index (χ1v) is 16.9. The largest absolute Gasteiger partial charge is 0.465 e. The fraction of sp³-hybridized carbons (Fsp3) is 0.235. The molecule has 5 aromatic rings. The van der Waals surface area contributed by atoms with Crippen molar-refractivity contribution in [2.24, 2.45) is 0 Å². The number of ether oxygens (including phenoxy) is 1. The maximum Gasteiger partial charge on any atom is 0.416 e. The summed E-state index contributed by atoms with van der Waals surface area (Å²) in [4.78, 5) is 26.2. The quantitative estimate of drug-likeness (QED) is 0.145. The molecule has 0 radical (unpaired) electrons. The Hall–Kier alpha value is -5.44. The van der Waals surface area contributed by atoms with Gasteiger partial charge in [-0.25, -0.2) is 28.2 Å². The number of likely N-dealkylation sites (tertiary alicyclic amines) is 1. The number of amides is 1. The van der Waals surface area contributed by atoms with Gasteiger partial charge in [-0.3, -0.25) is 4.72 Å². The number of hydrogen-bond acceptors (Lipinski definition) is 8. The number of rotatable bonds is 9. The average molecular weight is 693 g/mol. The summed E-state index contributed by atoms with van der Waals surface area (Å²) in [7, 11) is -4.26. The van der Waals surface area contributed by atoms with E-state index in [2.05, 4.69) is 25.0 Å². The molecule has 254 valence electrons. The van der Waals surface area contributed by atoms with Gasteiger partial charge in [0.25, 0.3) is 0 Å². The molecule has 11 nitrogen and oxygen atoms in total. The highest BCUT2D eigenvalue weighted by molar-refractivity contribution is 7.91. The highest BCUT2D eigenvalue weighted by Crippen LogP contribution is 2.39. The normalized spacial score (nSPS) is 15.2. The summed E-state index contributed by atoms with van der Waals surface area (Å²) in [5.74, 6) is 0.0529. The van der Waals surface area contributed by atoms with Crippen LogP contribution >= 0.6 is 0 Å². The Kier molecular flexibility index (Phi) is 9.28. The maximum absolute atomic E-state index is 13.5. The predicted molar refractivity (Wildman–Crippen MR) is 178 cm³/mol. The lowest BCUT2D eigenvalue weighted by Gasteiger charge is -2.31. The number of halogens is 3. The number of nitrogens with zero attached hydrogens (tertiary/aromatic N) is 4. The van der Waals surface area contributed by atoms with Crippen LogP contribution in [0.15, 0.2) is 85.2 Å². The van der Waals surface area contributed by atoms with Crippen molar-refractivity contribution in [3.05, 3.63) is 102 Å². The minimum atomic E-state index is -4.71. The third-order valence-electron chi connectivity index (χ3n) is 8.07. The second-order valence-corrected chi connectivity index (χ2v) is 13.3. The van der Waals surface area contributed by atoms with E-state index in [0.717, 1.165) is 18.6 Å². The van der Waals surface area contributed by atoms with Gasteiger partial charge in [0, 0.05) is 42.3 Å². The van der Waals surface area contributed by atoms with Crippen molar-refractivity contribution in [1.29, 1.82) is 0 Å². The molecule has 1 atom stereocenters. The van der Waals surface area contributed by atoms with E-state index in [1.165, 1.54) is 23.1 Å². The summed E-state index contributed by atoms with van der Waals surface area (Å²) >= 11 is 0. The minimum absolute atomic E-state index is 0.158. The second-order valence-electron chi connectivity index (χ2n) is 11.6. The first kappa shape index (κ1) is 33.5. The zero-order valence-corrected chi connectivity index (χ0v) is 26.9. The Labute approximate surface area is 279 Å². The molecule has 1 saturated heterocycles. The number of fused-ring (bicyclic) bond motifs is 1. The van der Waals surface area contributed by atoms with Crippen LogP contribution in [0.25, 0.3) is 22.0 Å². The highest BCUT2D eigenvalue weighted by Gasteiger charge is 2.34. The van der Waals surface area contributed by atoms with Crippen molar-refractivity contribution < 1.29 is 36.2 Å². The van der Waals surface area contributed by atoms with Crippen molar-refractivity contribution in [2.75, 3.05) is 23.1 Å². The lowest BCUT2D eigenvalue weighted by molar-refractivity contribution is -0.138. The maximum atomic E-state index is 13.5. The van der Waals surface area contributed by atoms with Gasteiger partial charge in [0.05, 0.1) is 28.3 Å². The molecule has 6 rings (SSSR count). The molecule has 1 aliphatic heterocycles. The Bertz CT molecular complexity index is 2130. The molecule has 3 N–H and O–H groups in total. The van der Waals surface area contributed by atoms with Crippen LogP contribution in [0.4, 0.5) is 29.6 Å². The van der Waals surface area contributed by atoms with E-state index < -0.39 is 33.6 Å². The molecule has 0 aliphatic carbocycles. The molecule has 1 fully saturated rings. The molecular weight excluding hydrogens is 661 g/mol. The van der Waals surface area contributed by atoms with Crippen LogP contribution in [0.2, 0.25) is 0 Å². The van der Waals surface area contributed by atoms with Gasteiger partial charge in [-0.05, 0) is 61.2 Å². The summed E-state index contributed by atoms with van der Waals surface area (Å²) in [5.41, 5.74) is 0.546. The number of aromatic nitrogens is 3. The SMILES string of the molecule is Cc1ccc2c(NS(=O)(=O)Cc3ccccc3C(F)(F)F)cccc2c1Oc1ncccc1-c1ccnc(NC2CCCN(C(=O)O)C2)n1. The Balaban J connectivity index is 1.28. The van der Waals surface area contributed by atoms with Gasteiger partial charge in [-0.1, -0.05) is 42.5 Å². The number of pyridine rings is 1. The number of carbonyl (C=O) groups is 1. The fourth-order valence-corrected chi connectivity index (χ4v) is 7.03. The van der Waals surface area contributed by atoms with Gasteiger partial charge < -0.3 is 20.1 Å². The molecule has 3 aromatic carbocycles. The number of aryl methyl sites for hydroxylation is 1. The third-order valence-corrected chi connectivity index (χ3v) is 9.29. The van der Waals surface area contributed by atoms with E-state index in [4.69, 9.17) is 4.74 Å². The van der Waals surface area contributed by atoms with E-state index in [9.17, 15) is 31.5 Å². The second kappa shape index (κ2) is 13.6. The standard InChI is InChI=1S/C34H31F3N6O5S/c1-21-13-14-24-25(9-4-12-29(24)42-49(46,47)20-22-7-2-3-11-27(22)34(35,36)37)30(21)48-31-26(10-5-16-38-31)28-15-17-39-32(41-28)40-23-8-6-18-43(19-23)33(44)45/h2-5,7,9-17,23,42H,6,8,18-20H2,1H3,(H,44,45)(H,39,40,41). The molecule has 1 unspecified atom stereocenters. The van der Waals surface area contributed by atoms with Crippen molar-refractivity contribution in [3.8, 4) is 22.9 Å². The smallest absolute Gasteiger partial charge is 0.416 e. The predicted octanol–water partition coefficient (Wildman–Crippen LogP) is 7.31. The number of nitrogens with one attached hydrogen (secondary N) is 2. The van der Waals surface area contributed by atoms with E-state index in [-0.39, 0.29) is 23.2 Å². The summed E-state index contributed by atoms with van der Waals surface area (Å²) in [6.45, 7) is 2.60. The molecule has 15 heteroatoms. The lowest BCUT2D eigenvalue weighted by atomic mass is 10.0. The molecule has 1 amide bonds. The van der Waals surface area contributed by atoms with E-state index >= 15 is 0 Å². The van der Waals surface area contributed by atoms with Crippen LogP contribution in [-0.2, 0) is 22.0 Å². The fourth-order valence-electron chi connectivity index (χ4n) is 5.79. The lowest BCUT2D eigenvalue weighted by Crippen LogP contribution is -2.44. The molecular formula is C34H31F3N6O5S. The summed E-state index contributed by atoms with van der Waals surface area (Å²) in [6, 6.07) is 17.9. The van der Waals surface area contributed by atoms with Crippen molar-refractivity contribution in [2.45, 2.75) is 37.7 Å². The van der Waals surface area contributed by atoms with Gasteiger partial charge in [-0.2, -0.15) is 13.2 Å². The van der Waals surface area contributed by atoms with Gasteiger partial charge >= 0.3 is 12.3 Å². The van der Waals surface area contributed by atoms with Crippen LogP contribution in [0, 0.1) is 6.92 Å². The molecule has 2 aromatic heterocycles. The summed E-state index contributed by atoms with van der Waals surface area (Å²) in [6.07, 6.45) is -1.07. The molecule has 3 heterocycles. The van der Waals surface area contributed by atoms with E-state index in [1.54, 1.807) is 54.9 Å². The van der Waals surface area contributed by atoms with Crippen molar-refractivity contribution in [3.63, 3.8) is 0 Å². The Morgan fingerprint density at radius 3 is 2.61 bits per heavy atom. The number of carboxylic acid groups (broad SMARTS) is 1. The van der Waals surface area contributed by atoms with Gasteiger partial charge in [-0.15, -0.1) is 0 Å². The number of hydrogen-bond donors (Lipinski definition) is 3. The third kappa shape index (κ3) is 7.67. The minimum Gasteiger partial charge on any atom is -0.465 e. The topological polar surface area (TPSA) is 147 Å². The van der Waals surface area contributed by atoms with Gasteiger partial charge in [0.15, 0.2) is 0 Å². The zero-order chi connectivity index (χ0) is 34.8. The van der Waals surface area contributed by atoms with Crippen molar-refractivity contribution >= 4 is 38.5 Å². The van der Waals surface area contributed by atoms with Crippen LogP contribution < -0.4 is 14.8 Å². The monoisotopic (exact) mass is 692 g/mol. The van der Waals surface area contributed by atoms with E-state index in [0.29, 0.717) is 58.8 Å². The molecule has 0 spiro atoms. The van der Waals surface area contributed by atoms with E-state index in [1.807, 2.05) is 6.92 Å². The first-order valence-electron chi connectivity index (χ1n) is 15.3. The summed E-state index contributed by atoms with van der Waals surface area (Å²) < 4.78 is 75.8. The van der Waals surface area contributed by atoms with Crippen molar-refractivity contribution in [1.82, 2.24) is 19.9 Å². The van der Waals surface area contributed by atoms with Crippen LogP contribution in [0.1, 0.15) is 29.5 Å². The summed E-state index contributed by atoms with van der Waals surface area (Å²) in [5, 5.41) is 13.6. The number of alkyl halides is 3. The average Bonchev–Trinajstić information content (AvgIpc) is 3.06. The van der Waals surface area contributed by atoms with Crippen LogP contribution in [0.3, 0.4) is 0 Å². The van der Waals surface area contributed by atoms with Crippen LogP contribution in [-0.4, -0.2) is 58.6 Å².